The molecular formula is C22H29N5O2. The lowest BCUT2D eigenvalue weighted by atomic mass is 9.77. The lowest BCUT2D eigenvalue weighted by Gasteiger charge is -2.35. The van der Waals surface area contributed by atoms with Gasteiger partial charge < -0.3 is 20.2 Å². The van der Waals surface area contributed by atoms with E-state index in [4.69, 9.17) is 4.98 Å². The summed E-state index contributed by atoms with van der Waals surface area (Å²) in [5.74, 6) is 1.49. The van der Waals surface area contributed by atoms with E-state index in [0.29, 0.717) is 18.3 Å². The van der Waals surface area contributed by atoms with Gasteiger partial charge in [-0.15, -0.1) is 0 Å². The smallest absolute Gasteiger partial charge is 0.225 e. The molecule has 1 aromatic heterocycles. The van der Waals surface area contributed by atoms with E-state index in [2.05, 4.69) is 44.4 Å². The van der Waals surface area contributed by atoms with Crippen LogP contribution in [0.25, 0.3) is 11.3 Å². The van der Waals surface area contributed by atoms with E-state index in [1.54, 1.807) is 0 Å². The number of anilines is 2. The van der Waals surface area contributed by atoms with Gasteiger partial charge in [0.1, 0.15) is 0 Å². The average Bonchev–Trinajstić information content (AvgIpc) is 3.11. The Morgan fingerprint density at radius 3 is 2.48 bits per heavy atom. The largest absolute Gasteiger partial charge is 0.391 e. The monoisotopic (exact) mass is 395 g/mol. The minimum atomic E-state index is -0.484. The SMILES string of the molecule is CC(=O)N[C@@H]1C[C@@H]2CN(c3nccc(-c4ccc(N(C)C)cc4)n3)C[C@@H]2C[C@H]1O. The number of benzene rings is 1. The summed E-state index contributed by atoms with van der Waals surface area (Å²) in [7, 11) is 4.05. The number of aliphatic hydroxyl groups is 1. The van der Waals surface area contributed by atoms with Crippen LogP contribution in [0.2, 0.25) is 0 Å². The number of aliphatic hydroxyl groups excluding tert-OH is 1. The summed E-state index contributed by atoms with van der Waals surface area (Å²) in [4.78, 5) is 25.0. The molecule has 2 N–H and O–H groups in total. The fourth-order valence-corrected chi connectivity index (χ4v) is 4.60. The number of aromatic nitrogens is 2. The second kappa shape index (κ2) is 7.99. The first kappa shape index (κ1) is 19.6. The predicted octanol–water partition coefficient (Wildman–Crippen LogP) is 1.92. The van der Waals surface area contributed by atoms with Crippen LogP contribution in [0.4, 0.5) is 11.6 Å². The quantitative estimate of drug-likeness (QED) is 0.823. The third-order valence-electron chi connectivity index (χ3n) is 6.14. The molecule has 154 valence electrons. The van der Waals surface area contributed by atoms with Crippen molar-refractivity contribution in [2.75, 3.05) is 37.0 Å². The molecule has 0 radical (unpaired) electrons. The molecule has 4 atom stereocenters. The zero-order chi connectivity index (χ0) is 20.5. The Balaban J connectivity index is 1.49. The van der Waals surface area contributed by atoms with Gasteiger partial charge in [0.2, 0.25) is 11.9 Å². The minimum Gasteiger partial charge on any atom is -0.391 e. The Labute approximate surface area is 171 Å². The second-order valence-corrected chi connectivity index (χ2v) is 8.45. The van der Waals surface area contributed by atoms with Gasteiger partial charge in [-0.05, 0) is 42.9 Å². The Morgan fingerprint density at radius 1 is 1.14 bits per heavy atom. The summed E-state index contributed by atoms with van der Waals surface area (Å²) in [6.45, 7) is 3.21. The summed E-state index contributed by atoms with van der Waals surface area (Å²) in [5.41, 5.74) is 3.13. The number of fused-ring (bicyclic) bond motifs is 1. The third kappa shape index (κ3) is 4.19. The molecule has 7 heteroatoms. The van der Waals surface area contributed by atoms with Gasteiger partial charge in [0.05, 0.1) is 17.8 Å². The van der Waals surface area contributed by atoms with E-state index < -0.39 is 6.10 Å². The van der Waals surface area contributed by atoms with Crippen LogP contribution >= 0.6 is 0 Å². The number of carbonyl (C=O) groups is 1. The highest BCUT2D eigenvalue weighted by atomic mass is 16.3. The number of rotatable bonds is 4. The Kier molecular flexibility index (Phi) is 5.41. The molecule has 1 saturated heterocycles. The van der Waals surface area contributed by atoms with Crippen molar-refractivity contribution in [2.45, 2.75) is 31.9 Å². The molecule has 29 heavy (non-hydrogen) atoms. The van der Waals surface area contributed by atoms with Crippen LogP contribution in [0.3, 0.4) is 0 Å². The van der Waals surface area contributed by atoms with Gasteiger partial charge in [0.25, 0.3) is 0 Å². The summed E-state index contributed by atoms with van der Waals surface area (Å²) in [5, 5.41) is 13.3. The fraction of sp³-hybridized carbons (Fsp3) is 0.500. The Bertz CT molecular complexity index is 870. The van der Waals surface area contributed by atoms with Gasteiger partial charge in [-0.3, -0.25) is 4.79 Å². The summed E-state index contributed by atoms with van der Waals surface area (Å²) in [6, 6.07) is 10.1. The number of nitrogens with one attached hydrogen (secondary N) is 1. The van der Waals surface area contributed by atoms with Crippen LogP contribution in [0, 0.1) is 11.8 Å². The maximum atomic E-state index is 11.4. The van der Waals surface area contributed by atoms with Crippen LogP contribution in [0.1, 0.15) is 19.8 Å². The zero-order valence-electron chi connectivity index (χ0n) is 17.2. The molecule has 1 aliphatic carbocycles. The van der Waals surface area contributed by atoms with Gasteiger partial charge in [-0.2, -0.15) is 0 Å². The van der Waals surface area contributed by atoms with Gasteiger partial charge >= 0.3 is 0 Å². The first-order valence-corrected chi connectivity index (χ1v) is 10.2. The molecule has 2 heterocycles. The molecule has 4 rings (SSSR count). The lowest BCUT2D eigenvalue weighted by molar-refractivity contribution is -0.121. The van der Waals surface area contributed by atoms with E-state index in [1.165, 1.54) is 6.92 Å². The summed E-state index contributed by atoms with van der Waals surface area (Å²) < 4.78 is 0. The normalized spacial score (nSPS) is 26.1. The van der Waals surface area contributed by atoms with E-state index in [1.807, 2.05) is 26.4 Å². The molecule has 1 amide bonds. The highest BCUT2D eigenvalue weighted by molar-refractivity contribution is 5.73. The van der Waals surface area contributed by atoms with Crippen molar-refractivity contribution in [3.05, 3.63) is 36.5 Å². The van der Waals surface area contributed by atoms with Crippen LogP contribution in [0.15, 0.2) is 36.5 Å². The molecule has 0 unspecified atom stereocenters. The summed E-state index contributed by atoms with van der Waals surface area (Å²) >= 11 is 0. The van der Waals surface area contributed by atoms with Crippen molar-refractivity contribution in [3.8, 4) is 11.3 Å². The predicted molar refractivity (Wildman–Crippen MR) is 114 cm³/mol. The highest BCUT2D eigenvalue weighted by Gasteiger charge is 2.42. The van der Waals surface area contributed by atoms with E-state index in [9.17, 15) is 9.90 Å². The van der Waals surface area contributed by atoms with Crippen molar-refractivity contribution in [2.24, 2.45) is 11.8 Å². The molecule has 0 bridgehead atoms. The molecular weight excluding hydrogens is 366 g/mol. The molecule has 2 aliphatic rings. The second-order valence-electron chi connectivity index (χ2n) is 8.45. The molecule has 1 aromatic carbocycles. The number of nitrogens with zero attached hydrogens (tertiary/aromatic N) is 4. The zero-order valence-corrected chi connectivity index (χ0v) is 17.2. The molecule has 1 saturated carbocycles. The number of carbonyl (C=O) groups excluding carboxylic acids is 1. The molecule has 0 spiro atoms. The van der Waals surface area contributed by atoms with Crippen LogP contribution < -0.4 is 15.1 Å². The molecule has 1 aliphatic heterocycles. The number of amides is 1. The van der Waals surface area contributed by atoms with Crippen molar-refractivity contribution in [1.82, 2.24) is 15.3 Å². The van der Waals surface area contributed by atoms with E-state index in [-0.39, 0.29) is 11.9 Å². The first-order valence-electron chi connectivity index (χ1n) is 10.2. The van der Waals surface area contributed by atoms with E-state index >= 15 is 0 Å². The Hall–Kier alpha value is -2.67. The van der Waals surface area contributed by atoms with Crippen molar-refractivity contribution < 1.29 is 9.90 Å². The topological polar surface area (TPSA) is 81.6 Å². The van der Waals surface area contributed by atoms with Gasteiger partial charge in [-0.25, -0.2) is 9.97 Å². The van der Waals surface area contributed by atoms with Crippen molar-refractivity contribution in [3.63, 3.8) is 0 Å². The highest BCUT2D eigenvalue weighted by Crippen LogP contribution is 2.38. The maximum absolute atomic E-state index is 11.4. The minimum absolute atomic E-state index is 0.0846. The molecule has 7 nitrogen and oxygen atoms in total. The first-order chi connectivity index (χ1) is 13.9. The van der Waals surface area contributed by atoms with Gasteiger partial charge in [-0.1, -0.05) is 12.1 Å². The fourth-order valence-electron chi connectivity index (χ4n) is 4.60. The Morgan fingerprint density at radius 2 is 1.83 bits per heavy atom. The standard InChI is InChI=1S/C22H29N5O2/c1-14(28)24-20-10-16-12-27(13-17(16)11-21(20)29)22-23-9-8-19(25-22)15-4-6-18(7-5-15)26(2)3/h4-9,16-17,20-21,29H,10-13H2,1-3H3,(H,24,28)/t16-,17+,20-,21-/m1/s1. The maximum Gasteiger partial charge on any atom is 0.225 e. The average molecular weight is 396 g/mol. The van der Waals surface area contributed by atoms with Gasteiger partial charge in [0.15, 0.2) is 0 Å². The van der Waals surface area contributed by atoms with Gasteiger partial charge in [0, 0.05) is 51.6 Å². The van der Waals surface area contributed by atoms with Crippen molar-refractivity contribution >= 4 is 17.5 Å². The number of hydrogen-bond donors (Lipinski definition) is 2. The number of hydrogen-bond acceptors (Lipinski definition) is 6. The van der Waals surface area contributed by atoms with Crippen LogP contribution in [0.5, 0.6) is 0 Å². The van der Waals surface area contributed by atoms with Crippen molar-refractivity contribution in [1.29, 1.82) is 0 Å². The third-order valence-corrected chi connectivity index (χ3v) is 6.14. The molecule has 2 aromatic rings. The summed E-state index contributed by atoms with van der Waals surface area (Å²) in [6.07, 6.45) is 2.84. The molecule has 2 fully saturated rings. The van der Waals surface area contributed by atoms with Crippen LogP contribution in [-0.4, -0.2) is 60.3 Å². The lowest BCUT2D eigenvalue weighted by Crippen LogP contribution is -2.48. The van der Waals surface area contributed by atoms with Crippen LogP contribution in [-0.2, 0) is 4.79 Å². The van der Waals surface area contributed by atoms with E-state index in [0.717, 1.165) is 42.4 Å².